The number of nitrogens with zero attached hydrogens (tertiary/aromatic N) is 1. The summed E-state index contributed by atoms with van der Waals surface area (Å²) in [7, 11) is 1.66. The van der Waals surface area contributed by atoms with E-state index in [1.807, 2.05) is 47.0 Å². The third-order valence-electron chi connectivity index (χ3n) is 3.78. The third-order valence-corrected chi connectivity index (χ3v) is 4.93. The van der Waals surface area contributed by atoms with Gasteiger partial charge in [0.2, 0.25) is 5.91 Å². The van der Waals surface area contributed by atoms with Crippen molar-refractivity contribution >= 4 is 17.7 Å². The van der Waals surface area contributed by atoms with E-state index < -0.39 is 6.04 Å². The fourth-order valence-corrected chi connectivity index (χ4v) is 3.82. The van der Waals surface area contributed by atoms with E-state index in [1.165, 1.54) is 0 Å². The number of benzene rings is 1. The van der Waals surface area contributed by atoms with Gasteiger partial charge in [-0.1, -0.05) is 30.3 Å². The first kappa shape index (κ1) is 16.3. The van der Waals surface area contributed by atoms with Crippen LogP contribution in [0.4, 0.5) is 0 Å². The molecule has 1 fully saturated rings. The first-order valence-corrected chi connectivity index (χ1v) is 8.54. The molecule has 1 amide bonds. The number of methoxy groups -OCH3 is 1. The molecule has 1 aliphatic heterocycles. The van der Waals surface area contributed by atoms with Crippen molar-refractivity contribution in [3.8, 4) is 0 Å². The van der Waals surface area contributed by atoms with E-state index in [-0.39, 0.29) is 5.91 Å². The molecule has 0 aromatic heterocycles. The van der Waals surface area contributed by atoms with Crippen LogP contribution < -0.4 is 5.73 Å². The quantitative estimate of drug-likeness (QED) is 0.830. The molecule has 5 heteroatoms. The van der Waals surface area contributed by atoms with Crippen molar-refractivity contribution in [2.45, 2.75) is 24.9 Å². The Balaban J connectivity index is 1.98. The number of amides is 1. The van der Waals surface area contributed by atoms with Gasteiger partial charge in [-0.15, -0.1) is 0 Å². The van der Waals surface area contributed by atoms with E-state index in [2.05, 4.69) is 0 Å². The maximum atomic E-state index is 12.7. The highest BCUT2D eigenvalue weighted by Gasteiger charge is 2.29. The van der Waals surface area contributed by atoms with E-state index in [9.17, 15) is 4.79 Å². The minimum atomic E-state index is -0.477. The lowest BCUT2D eigenvalue weighted by molar-refractivity contribution is -0.135. The van der Waals surface area contributed by atoms with Crippen LogP contribution in [0.5, 0.6) is 0 Å². The summed E-state index contributed by atoms with van der Waals surface area (Å²) < 4.78 is 5.14. The molecule has 1 aromatic carbocycles. The predicted molar refractivity (Wildman–Crippen MR) is 87.4 cm³/mol. The summed E-state index contributed by atoms with van der Waals surface area (Å²) in [6.07, 6.45) is 1.64. The summed E-state index contributed by atoms with van der Waals surface area (Å²) in [4.78, 5) is 14.6. The number of carbonyl (C=O) groups excluding carboxylic acids is 1. The molecule has 4 nitrogen and oxygen atoms in total. The standard InChI is InChI=1S/C16H24N2O2S/c1-20-9-8-18(14-7-10-21-12-14)16(19)15(17)11-13-5-3-2-4-6-13/h2-6,14-15H,7-12,17H2,1H3/t14?,15-/m0/s1. The SMILES string of the molecule is COCCN(C(=O)[C@@H](N)Cc1ccccc1)C1CCSC1. The van der Waals surface area contributed by atoms with Gasteiger partial charge in [-0.05, 0) is 24.2 Å². The molecule has 0 radical (unpaired) electrons. The van der Waals surface area contributed by atoms with Crippen LogP contribution in [0, 0.1) is 0 Å². The van der Waals surface area contributed by atoms with Crippen molar-refractivity contribution in [3.05, 3.63) is 35.9 Å². The number of carbonyl (C=O) groups is 1. The Bertz CT molecular complexity index is 435. The molecule has 116 valence electrons. The Hall–Kier alpha value is -1.04. The fraction of sp³-hybridized carbons (Fsp3) is 0.562. The van der Waals surface area contributed by atoms with E-state index >= 15 is 0 Å². The Labute approximate surface area is 131 Å². The van der Waals surface area contributed by atoms with Crippen LogP contribution in [0.25, 0.3) is 0 Å². The highest BCUT2D eigenvalue weighted by molar-refractivity contribution is 7.99. The zero-order valence-corrected chi connectivity index (χ0v) is 13.3. The fourth-order valence-electron chi connectivity index (χ4n) is 2.60. The first-order valence-electron chi connectivity index (χ1n) is 7.39. The molecular weight excluding hydrogens is 284 g/mol. The van der Waals surface area contributed by atoms with Gasteiger partial charge in [0, 0.05) is 25.4 Å². The van der Waals surface area contributed by atoms with Gasteiger partial charge in [-0.25, -0.2) is 0 Å². The largest absolute Gasteiger partial charge is 0.383 e. The lowest BCUT2D eigenvalue weighted by Crippen LogP contribution is -2.50. The molecular formula is C16H24N2O2S. The first-order chi connectivity index (χ1) is 10.2. The minimum absolute atomic E-state index is 0.0448. The molecule has 2 N–H and O–H groups in total. The predicted octanol–water partition coefficient (Wildman–Crippen LogP) is 1.54. The molecule has 0 aliphatic carbocycles. The molecule has 1 aliphatic rings. The number of hydrogen-bond donors (Lipinski definition) is 1. The minimum Gasteiger partial charge on any atom is -0.383 e. The summed E-state index contributed by atoms with van der Waals surface area (Å²) in [6, 6.07) is 9.77. The van der Waals surface area contributed by atoms with Gasteiger partial charge in [-0.2, -0.15) is 11.8 Å². The average molecular weight is 308 g/mol. The van der Waals surface area contributed by atoms with Crippen molar-refractivity contribution < 1.29 is 9.53 Å². The highest BCUT2D eigenvalue weighted by Crippen LogP contribution is 2.23. The van der Waals surface area contributed by atoms with Gasteiger partial charge in [-0.3, -0.25) is 4.79 Å². The Morgan fingerprint density at radius 2 is 2.24 bits per heavy atom. The molecule has 0 spiro atoms. The van der Waals surface area contributed by atoms with E-state index in [0.29, 0.717) is 25.6 Å². The van der Waals surface area contributed by atoms with Crippen molar-refractivity contribution in [1.82, 2.24) is 4.90 Å². The zero-order chi connectivity index (χ0) is 15.1. The number of hydrogen-bond acceptors (Lipinski definition) is 4. The van der Waals surface area contributed by atoms with Gasteiger partial charge in [0.05, 0.1) is 12.6 Å². The maximum absolute atomic E-state index is 12.7. The van der Waals surface area contributed by atoms with Crippen LogP contribution in [0.15, 0.2) is 30.3 Å². The van der Waals surface area contributed by atoms with Gasteiger partial charge in [0.1, 0.15) is 0 Å². The number of ether oxygens (including phenoxy) is 1. The molecule has 0 saturated carbocycles. The van der Waals surface area contributed by atoms with Gasteiger partial charge < -0.3 is 15.4 Å². The molecule has 1 unspecified atom stereocenters. The molecule has 1 heterocycles. The molecule has 1 saturated heterocycles. The Morgan fingerprint density at radius 1 is 1.48 bits per heavy atom. The van der Waals surface area contributed by atoms with Crippen LogP contribution >= 0.6 is 11.8 Å². The monoisotopic (exact) mass is 308 g/mol. The summed E-state index contributed by atoms with van der Waals surface area (Å²) in [5.74, 6) is 2.17. The summed E-state index contributed by atoms with van der Waals surface area (Å²) in [5, 5.41) is 0. The van der Waals surface area contributed by atoms with Crippen molar-refractivity contribution in [2.24, 2.45) is 5.73 Å². The van der Waals surface area contributed by atoms with E-state index in [4.69, 9.17) is 10.5 Å². The van der Waals surface area contributed by atoms with Crippen LogP contribution in [-0.2, 0) is 16.0 Å². The zero-order valence-electron chi connectivity index (χ0n) is 12.5. The molecule has 2 rings (SSSR count). The number of nitrogens with two attached hydrogens (primary N) is 1. The lowest BCUT2D eigenvalue weighted by atomic mass is 10.0. The van der Waals surface area contributed by atoms with Crippen LogP contribution in [0.3, 0.4) is 0 Å². The van der Waals surface area contributed by atoms with Crippen molar-refractivity contribution in [1.29, 1.82) is 0 Å². The van der Waals surface area contributed by atoms with E-state index in [0.717, 1.165) is 23.5 Å². The molecule has 1 aromatic rings. The highest BCUT2D eigenvalue weighted by atomic mass is 32.2. The molecule has 0 bridgehead atoms. The number of thioether (sulfide) groups is 1. The lowest BCUT2D eigenvalue weighted by Gasteiger charge is -2.30. The van der Waals surface area contributed by atoms with Crippen LogP contribution in [-0.4, -0.2) is 54.7 Å². The van der Waals surface area contributed by atoms with Crippen molar-refractivity contribution in [3.63, 3.8) is 0 Å². The Morgan fingerprint density at radius 3 is 2.86 bits per heavy atom. The van der Waals surface area contributed by atoms with Gasteiger partial charge >= 0.3 is 0 Å². The second-order valence-corrected chi connectivity index (χ2v) is 6.49. The average Bonchev–Trinajstić information content (AvgIpc) is 3.02. The summed E-state index contributed by atoms with van der Waals surface area (Å²) >= 11 is 1.90. The Kier molecular flexibility index (Phi) is 6.54. The second-order valence-electron chi connectivity index (χ2n) is 5.34. The van der Waals surface area contributed by atoms with Crippen LogP contribution in [0.1, 0.15) is 12.0 Å². The second kappa shape index (κ2) is 8.41. The van der Waals surface area contributed by atoms with Crippen LogP contribution in [0.2, 0.25) is 0 Å². The molecule has 2 atom stereocenters. The summed E-state index contributed by atoms with van der Waals surface area (Å²) in [6.45, 7) is 1.19. The smallest absolute Gasteiger partial charge is 0.240 e. The normalized spacial score (nSPS) is 19.4. The molecule has 21 heavy (non-hydrogen) atoms. The summed E-state index contributed by atoms with van der Waals surface area (Å²) in [5.41, 5.74) is 7.25. The van der Waals surface area contributed by atoms with Crippen molar-refractivity contribution in [2.75, 3.05) is 31.8 Å². The van der Waals surface area contributed by atoms with Gasteiger partial charge in [0.15, 0.2) is 0 Å². The third kappa shape index (κ3) is 4.73. The topological polar surface area (TPSA) is 55.6 Å². The number of rotatable bonds is 7. The van der Waals surface area contributed by atoms with E-state index in [1.54, 1.807) is 7.11 Å². The maximum Gasteiger partial charge on any atom is 0.240 e. The van der Waals surface area contributed by atoms with Gasteiger partial charge in [0.25, 0.3) is 0 Å².